The Morgan fingerprint density at radius 3 is 2.52 bits per heavy atom. The average molecular weight is 596 g/mol. The van der Waals surface area contributed by atoms with Gasteiger partial charge >= 0.3 is 11.7 Å². The second-order valence-corrected chi connectivity index (χ2v) is 13.0. The average Bonchev–Trinajstić information content (AvgIpc) is 3.70. The van der Waals surface area contributed by atoms with Gasteiger partial charge in [-0.3, -0.25) is 9.36 Å². The predicted octanol–water partition coefficient (Wildman–Crippen LogP) is 5.20. The Labute approximate surface area is 247 Å². The molecule has 0 saturated carbocycles. The molecule has 1 saturated heterocycles. The Morgan fingerprint density at radius 1 is 1.17 bits per heavy atom. The summed E-state index contributed by atoms with van der Waals surface area (Å²) in [6.45, 7) is 11.2. The molecule has 5 rings (SSSR count). The molecule has 224 valence electrons. The maximum atomic E-state index is 14.4. The molecule has 0 bridgehead atoms. The lowest BCUT2D eigenvalue weighted by Gasteiger charge is -2.30. The third-order valence-electron chi connectivity index (χ3n) is 7.32. The van der Waals surface area contributed by atoms with Crippen LogP contribution in [0.4, 0.5) is 0 Å². The minimum atomic E-state index is -1.60. The van der Waals surface area contributed by atoms with E-state index >= 15 is 0 Å². The molecule has 1 aliphatic rings. The third-order valence-corrected chi connectivity index (χ3v) is 8.63. The molecule has 11 heteroatoms. The van der Waals surface area contributed by atoms with Gasteiger partial charge in [0.05, 0.1) is 35.7 Å². The van der Waals surface area contributed by atoms with Gasteiger partial charge in [0.25, 0.3) is 5.56 Å². The second-order valence-electron chi connectivity index (χ2n) is 12.0. The van der Waals surface area contributed by atoms with Crippen LogP contribution in [0.25, 0.3) is 21.0 Å². The van der Waals surface area contributed by atoms with Gasteiger partial charge in [0, 0.05) is 6.61 Å². The molecule has 0 aliphatic carbocycles. The summed E-state index contributed by atoms with van der Waals surface area (Å²) in [6.07, 6.45) is 4.33. The van der Waals surface area contributed by atoms with E-state index in [0.29, 0.717) is 39.8 Å². The van der Waals surface area contributed by atoms with E-state index in [9.17, 15) is 14.4 Å². The number of fused-ring (bicyclic) bond motifs is 1. The maximum Gasteiger partial charge on any atom is 0.333 e. The van der Waals surface area contributed by atoms with Gasteiger partial charge in [0.2, 0.25) is 5.89 Å². The van der Waals surface area contributed by atoms with Crippen molar-refractivity contribution in [3.63, 3.8) is 0 Å². The molecule has 10 nitrogen and oxygen atoms in total. The molecule has 1 aliphatic heterocycles. The van der Waals surface area contributed by atoms with Gasteiger partial charge in [-0.1, -0.05) is 30.3 Å². The molecule has 4 heterocycles. The minimum Gasteiger partial charge on any atom is -0.458 e. The van der Waals surface area contributed by atoms with Crippen LogP contribution in [0.3, 0.4) is 0 Å². The first-order chi connectivity index (χ1) is 19.9. The van der Waals surface area contributed by atoms with E-state index < -0.39 is 34.5 Å². The summed E-state index contributed by atoms with van der Waals surface area (Å²) < 4.78 is 25.9. The summed E-state index contributed by atoms with van der Waals surface area (Å²) in [6, 6.07) is 9.64. The van der Waals surface area contributed by atoms with Crippen molar-refractivity contribution in [2.45, 2.75) is 84.3 Å². The number of nitrogens with zero attached hydrogens (tertiary/aromatic N) is 3. The van der Waals surface area contributed by atoms with Crippen molar-refractivity contribution in [1.82, 2.24) is 14.1 Å². The topological polar surface area (TPSA) is 115 Å². The first-order valence-electron chi connectivity index (χ1n) is 14.1. The summed E-state index contributed by atoms with van der Waals surface area (Å²) in [7, 11) is 0. The number of aromatic nitrogens is 3. The van der Waals surface area contributed by atoms with Crippen molar-refractivity contribution in [2.24, 2.45) is 0 Å². The van der Waals surface area contributed by atoms with Crippen LogP contribution in [0.1, 0.15) is 64.7 Å². The van der Waals surface area contributed by atoms with Gasteiger partial charge in [-0.25, -0.2) is 19.1 Å². The number of aryl methyl sites for hydroxylation is 1. The van der Waals surface area contributed by atoms with Gasteiger partial charge in [-0.05, 0) is 65.5 Å². The zero-order chi connectivity index (χ0) is 30.2. The highest BCUT2D eigenvalue weighted by atomic mass is 32.1. The van der Waals surface area contributed by atoms with E-state index in [1.807, 2.05) is 30.3 Å². The van der Waals surface area contributed by atoms with E-state index in [1.54, 1.807) is 27.7 Å². The Kier molecular flexibility index (Phi) is 8.28. The first kappa shape index (κ1) is 29.9. The predicted molar refractivity (Wildman–Crippen MR) is 160 cm³/mol. The lowest BCUT2D eigenvalue weighted by Crippen LogP contribution is -2.54. The monoisotopic (exact) mass is 595 g/mol. The van der Waals surface area contributed by atoms with Crippen LogP contribution in [0.5, 0.6) is 0 Å². The summed E-state index contributed by atoms with van der Waals surface area (Å²) in [4.78, 5) is 47.3. The van der Waals surface area contributed by atoms with Crippen molar-refractivity contribution >= 4 is 27.5 Å². The number of carbonyl (C=O) groups is 1. The van der Waals surface area contributed by atoms with Crippen LogP contribution >= 0.6 is 11.3 Å². The van der Waals surface area contributed by atoms with Gasteiger partial charge in [-0.2, -0.15) is 0 Å². The summed E-state index contributed by atoms with van der Waals surface area (Å²) in [5.41, 5.74) is -2.14. The van der Waals surface area contributed by atoms with Crippen LogP contribution in [-0.4, -0.2) is 45.0 Å². The fraction of sp³-hybridized carbons (Fsp3) is 0.484. The van der Waals surface area contributed by atoms with E-state index in [0.717, 1.165) is 23.0 Å². The molecular formula is C31H37N3O7S. The minimum absolute atomic E-state index is 0.0198. The molecule has 4 aromatic rings. The van der Waals surface area contributed by atoms with Crippen molar-refractivity contribution in [1.29, 1.82) is 0 Å². The Morgan fingerprint density at radius 2 is 1.90 bits per heavy atom. The number of ether oxygens (including phenoxy) is 3. The quantitative estimate of drug-likeness (QED) is 0.243. The number of carbonyl (C=O) groups excluding carboxylic acids is 1. The van der Waals surface area contributed by atoms with Crippen LogP contribution < -0.4 is 11.2 Å². The molecule has 1 aromatic carbocycles. The van der Waals surface area contributed by atoms with Crippen LogP contribution in [0.2, 0.25) is 0 Å². The third kappa shape index (κ3) is 5.86. The first-order valence-corrected chi connectivity index (χ1v) is 14.9. The molecule has 42 heavy (non-hydrogen) atoms. The molecule has 0 spiro atoms. The fourth-order valence-electron chi connectivity index (χ4n) is 5.12. The highest BCUT2D eigenvalue weighted by Crippen LogP contribution is 2.36. The Balaban J connectivity index is 1.70. The van der Waals surface area contributed by atoms with Crippen molar-refractivity contribution < 1.29 is 23.4 Å². The van der Waals surface area contributed by atoms with E-state index in [4.69, 9.17) is 18.6 Å². The number of thiophene rings is 1. The van der Waals surface area contributed by atoms with Crippen LogP contribution in [-0.2, 0) is 31.1 Å². The second kappa shape index (κ2) is 11.6. The fourth-order valence-corrected chi connectivity index (χ4v) is 6.36. The highest BCUT2D eigenvalue weighted by molar-refractivity contribution is 7.22. The number of benzene rings is 1. The smallest absolute Gasteiger partial charge is 0.333 e. The lowest BCUT2D eigenvalue weighted by molar-refractivity contribution is -0.164. The van der Waals surface area contributed by atoms with Crippen molar-refractivity contribution in [3.05, 3.63) is 74.8 Å². The summed E-state index contributed by atoms with van der Waals surface area (Å²) in [5.74, 6) is -0.338. The molecule has 1 fully saturated rings. The molecule has 3 aromatic heterocycles. The van der Waals surface area contributed by atoms with Gasteiger partial charge in [0.15, 0.2) is 0 Å². The van der Waals surface area contributed by atoms with Crippen molar-refractivity contribution in [3.8, 4) is 10.8 Å². The van der Waals surface area contributed by atoms with Gasteiger partial charge in [0.1, 0.15) is 28.3 Å². The molecule has 1 unspecified atom stereocenters. The number of esters is 1. The van der Waals surface area contributed by atoms with E-state index in [2.05, 4.69) is 4.98 Å². The van der Waals surface area contributed by atoms with Gasteiger partial charge in [-0.15, -0.1) is 11.3 Å². The number of oxazole rings is 1. The normalized spacial score (nSPS) is 16.7. The van der Waals surface area contributed by atoms with Crippen molar-refractivity contribution in [2.75, 3.05) is 13.2 Å². The van der Waals surface area contributed by atoms with E-state index in [1.165, 1.54) is 42.2 Å². The Bertz CT molecular complexity index is 1670. The SMILES string of the molecule is Cc1c(-c2ncco2)sc2c1c(=O)n(C(C)(C)C(=O)OC(C)(C)C)c(=O)n2C[C@H](OCC1CCCO1)c1ccccc1. The lowest BCUT2D eigenvalue weighted by atomic mass is 10.0. The number of rotatable bonds is 9. The Hall–Kier alpha value is -3.54. The molecule has 2 atom stereocenters. The zero-order valence-corrected chi connectivity index (χ0v) is 25.7. The van der Waals surface area contributed by atoms with Crippen LogP contribution in [0.15, 0.2) is 56.8 Å². The summed E-state index contributed by atoms with van der Waals surface area (Å²) >= 11 is 1.25. The summed E-state index contributed by atoms with van der Waals surface area (Å²) in [5, 5.41) is 0.315. The van der Waals surface area contributed by atoms with E-state index in [-0.39, 0.29) is 12.6 Å². The zero-order valence-electron chi connectivity index (χ0n) is 24.8. The number of hydrogen-bond acceptors (Lipinski definition) is 9. The standard InChI is InChI=1S/C31H37N3O7S/c1-19-23-26(35)34(31(5,6)28(36)41-30(2,3)4)29(37)33(27(23)42-24(19)25-32-14-16-39-25)17-22(20-11-8-7-9-12-20)40-18-21-13-10-15-38-21/h7-9,11-12,14,16,21-22H,10,13,15,17-18H2,1-6H3/t21?,22-/m0/s1. The molecule has 0 amide bonds. The molecule has 0 radical (unpaired) electrons. The van der Waals surface area contributed by atoms with Crippen LogP contribution in [0, 0.1) is 6.92 Å². The van der Waals surface area contributed by atoms with Gasteiger partial charge < -0.3 is 18.6 Å². The molecule has 0 N–H and O–H groups in total. The largest absolute Gasteiger partial charge is 0.458 e. The maximum absolute atomic E-state index is 14.4. The molecular weight excluding hydrogens is 558 g/mol. The number of hydrogen-bond donors (Lipinski definition) is 0. The highest BCUT2D eigenvalue weighted by Gasteiger charge is 2.39.